The van der Waals surface area contributed by atoms with Gasteiger partial charge in [-0.1, -0.05) is 60.7 Å². The first-order valence-electron chi connectivity index (χ1n) is 9.76. The second-order valence-electron chi connectivity index (χ2n) is 6.98. The standard InChI is InChI=1S/C22H25N3O4S/c26-21(17-20-9-5-2-6-10-20)23-18-22(27)24-12-14-25(15-13-24)30(28,29)16-11-19-7-3-1-4-8-19/h1-11,16H,12-15,17-18H2,(H,23,26)/b16-11+. The minimum atomic E-state index is -3.55. The molecule has 1 N–H and O–H groups in total. The van der Waals surface area contributed by atoms with E-state index in [4.69, 9.17) is 0 Å². The van der Waals surface area contributed by atoms with E-state index in [1.165, 1.54) is 9.71 Å². The molecule has 0 atom stereocenters. The number of carbonyl (C=O) groups excluding carboxylic acids is 2. The number of hydrogen-bond acceptors (Lipinski definition) is 4. The molecule has 0 unspecified atom stereocenters. The zero-order chi connectivity index (χ0) is 21.4. The largest absolute Gasteiger partial charge is 0.347 e. The van der Waals surface area contributed by atoms with Gasteiger partial charge in [-0.25, -0.2) is 8.42 Å². The molecule has 7 nitrogen and oxygen atoms in total. The molecular weight excluding hydrogens is 402 g/mol. The Morgan fingerprint density at radius 2 is 1.50 bits per heavy atom. The molecule has 30 heavy (non-hydrogen) atoms. The first-order valence-corrected chi connectivity index (χ1v) is 11.3. The number of nitrogens with one attached hydrogen (secondary N) is 1. The molecule has 0 aliphatic carbocycles. The van der Waals surface area contributed by atoms with E-state index < -0.39 is 10.0 Å². The molecule has 1 heterocycles. The molecule has 0 saturated carbocycles. The SMILES string of the molecule is O=C(Cc1ccccc1)NCC(=O)N1CCN(S(=O)(=O)/C=C/c2ccccc2)CC1. The number of sulfonamides is 1. The van der Waals surface area contributed by atoms with Crippen molar-refractivity contribution in [1.29, 1.82) is 0 Å². The zero-order valence-corrected chi connectivity index (χ0v) is 17.4. The number of nitrogens with zero attached hydrogens (tertiary/aromatic N) is 2. The molecule has 1 fully saturated rings. The van der Waals surface area contributed by atoms with Crippen LogP contribution in [-0.4, -0.2) is 62.2 Å². The van der Waals surface area contributed by atoms with Gasteiger partial charge in [0, 0.05) is 31.6 Å². The second-order valence-corrected chi connectivity index (χ2v) is 8.80. The van der Waals surface area contributed by atoms with E-state index >= 15 is 0 Å². The molecule has 158 valence electrons. The van der Waals surface area contributed by atoms with E-state index in [-0.39, 0.29) is 37.9 Å². The van der Waals surface area contributed by atoms with Crippen LogP contribution >= 0.6 is 0 Å². The van der Waals surface area contributed by atoms with Gasteiger partial charge in [-0.15, -0.1) is 0 Å². The highest BCUT2D eigenvalue weighted by Gasteiger charge is 2.27. The fourth-order valence-electron chi connectivity index (χ4n) is 3.14. The van der Waals surface area contributed by atoms with Crippen molar-refractivity contribution in [3.05, 3.63) is 77.2 Å². The Morgan fingerprint density at radius 3 is 2.13 bits per heavy atom. The van der Waals surface area contributed by atoms with E-state index in [0.717, 1.165) is 11.1 Å². The number of piperazine rings is 1. The summed E-state index contributed by atoms with van der Waals surface area (Å²) in [4.78, 5) is 25.9. The molecule has 0 bridgehead atoms. The van der Waals surface area contributed by atoms with Crippen molar-refractivity contribution in [3.8, 4) is 0 Å². The molecule has 1 aliphatic heterocycles. The summed E-state index contributed by atoms with van der Waals surface area (Å²) in [7, 11) is -3.55. The van der Waals surface area contributed by atoms with E-state index in [1.807, 2.05) is 60.7 Å². The number of carbonyl (C=O) groups is 2. The van der Waals surface area contributed by atoms with Gasteiger partial charge < -0.3 is 10.2 Å². The Kier molecular flexibility index (Phi) is 7.37. The highest BCUT2D eigenvalue weighted by Crippen LogP contribution is 2.11. The summed E-state index contributed by atoms with van der Waals surface area (Å²) < 4.78 is 26.4. The molecule has 0 radical (unpaired) electrons. The van der Waals surface area contributed by atoms with Crippen molar-refractivity contribution in [2.75, 3.05) is 32.7 Å². The lowest BCUT2D eigenvalue weighted by Crippen LogP contribution is -2.52. The van der Waals surface area contributed by atoms with Crippen LogP contribution in [0.2, 0.25) is 0 Å². The topological polar surface area (TPSA) is 86.8 Å². The summed E-state index contributed by atoms with van der Waals surface area (Å²) in [5.74, 6) is -0.435. The van der Waals surface area contributed by atoms with Gasteiger partial charge in [-0.2, -0.15) is 4.31 Å². The molecule has 2 aromatic carbocycles. The van der Waals surface area contributed by atoms with Gasteiger partial charge in [0.2, 0.25) is 21.8 Å². The third kappa shape index (κ3) is 6.27. The molecule has 1 aliphatic rings. The minimum absolute atomic E-state index is 0.0909. The Balaban J connectivity index is 1.44. The predicted octanol–water partition coefficient (Wildman–Crippen LogP) is 1.49. The van der Waals surface area contributed by atoms with Crippen LogP contribution in [0.15, 0.2) is 66.1 Å². The maximum absolute atomic E-state index is 12.5. The lowest BCUT2D eigenvalue weighted by molar-refractivity contribution is -0.133. The lowest BCUT2D eigenvalue weighted by Gasteiger charge is -2.33. The average molecular weight is 428 g/mol. The molecule has 8 heteroatoms. The Hall–Kier alpha value is -2.97. The summed E-state index contributed by atoms with van der Waals surface area (Å²) in [5.41, 5.74) is 1.69. The number of amides is 2. The highest BCUT2D eigenvalue weighted by atomic mass is 32.2. The number of rotatable bonds is 7. The summed E-state index contributed by atoms with van der Waals surface area (Å²) in [6.07, 6.45) is 1.78. The van der Waals surface area contributed by atoms with Gasteiger partial charge >= 0.3 is 0 Å². The van der Waals surface area contributed by atoms with Crippen molar-refractivity contribution in [3.63, 3.8) is 0 Å². The predicted molar refractivity (Wildman–Crippen MR) is 116 cm³/mol. The molecule has 0 spiro atoms. The third-order valence-corrected chi connectivity index (χ3v) is 6.39. The van der Waals surface area contributed by atoms with E-state index in [2.05, 4.69) is 5.32 Å². The first kappa shape index (κ1) is 21.7. The van der Waals surface area contributed by atoms with Crippen LogP contribution in [0.1, 0.15) is 11.1 Å². The van der Waals surface area contributed by atoms with Crippen molar-refractivity contribution in [2.45, 2.75) is 6.42 Å². The Morgan fingerprint density at radius 1 is 0.900 bits per heavy atom. The van der Waals surface area contributed by atoms with Gasteiger partial charge in [-0.3, -0.25) is 9.59 Å². The van der Waals surface area contributed by atoms with Gasteiger partial charge in [0.05, 0.1) is 13.0 Å². The Bertz CT molecular complexity index is 984. The van der Waals surface area contributed by atoms with Gasteiger partial charge in [-0.05, 0) is 17.2 Å². The first-order chi connectivity index (χ1) is 14.4. The normalized spacial score (nSPS) is 15.3. The van der Waals surface area contributed by atoms with Crippen molar-refractivity contribution in [1.82, 2.24) is 14.5 Å². The van der Waals surface area contributed by atoms with Crippen LogP contribution in [-0.2, 0) is 26.0 Å². The molecule has 2 amide bonds. The van der Waals surface area contributed by atoms with Crippen LogP contribution in [0, 0.1) is 0 Å². The van der Waals surface area contributed by atoms with Crippen LogP contribution in [0.25, 0.3) is 6.08 Å². The fourth-order valence-corrected chi connectivity index (χ4v) is 4.31. The summed E-state index contributed by atoms with van der Waals surface area (Å²) >= 11 is 0. The van der Waals surface area contributed by atoms with Crippen molar-refractivity contribution >= 4 is 27.9 Å². The smallest absolute Gasteiger partial charge is 0.242 e. The van der Waals surface area contributed by atoms with Crippen LogP contribution in [0.3, 0.4) is 0 Å². The maximum atomic E-state index is 12.5. The third-order valence-electron chi connectivity index (χ3n) is 4.83. The van der Waals surface area contributed by atoms with E-state index in [0.29, 0.717) is 13.1 Å². The van der Waals surface area contributed by atoms with Crippen molar-refractivity contribution < 1.29 is 18.0 Å². The number of benzene rings is 2. The molecular formula is C22H25N3O4S. The van der Waals surface area contributed by atoms with Crippen LogP contribution in [0.5, 0.6) is 0 Å². The maximum Gasteiger partial charge on any atom is 0.242 e. The molecule has 0 aromatic heterocycles. The lowest BCUT2D eigenvalue weighted by atomic mass is 10.1. The fraction of sp³-hybridized carbons (Fsp3) is 0.273. The summed E-state index contributed by atoms with van der Waals surface area (Å²) in [6, 6.07) is 18.5. The second kappa shape index (κ2) is 10.2. The molecule has 2 aromatic rings. The van der Waals surface area contributed by atoms with E-state index in [9.17, 15) is 18.0 Å². The van der Waals surface area contributed by atoms with Crippen LogP contribution < -0.4 is 5.32 Å². The minimum Gasteiger partial charge on any atom is -0.347 e. The highest BCUT2D eigenvalue weighted by molar-refractivity contribution is 7.92. The Labute approximate surface area is 177 Å². The molecule has 3 rings (SSSR count). The van der Waals surface area contributed by atoms with E-state index in [1.54, 1.807) is 11.0 Å². The van der Waals surface area contributed by atoms with Crippen LogP contribution in [0.4, 0.5) is 0 Å². The average Bonchev–Trinajstić information content (AvgIpc) is 2.77. The quantitative estimate of drug-likeness (QED) is 0.725. The monoisotopic (exact) mass is 427 g/mol. The van der Waals surface area contributed by atoms with Gasteiger partial charge in [0.15, 0.2) is 0 Å². The van der Waals surface area contributed by atoms with Gasteiger partial charge in [0.1, 0.15) is 0 Å². The summed E-state index contributed by atoms with van der Waals surface area (Å²) in [5, 5.41) is 3.83. The summed E-state index contributed by atoms with van der Waals surface area (Å²) in [6.45, 7) is 0.959. The molecule has 1 saturated heterocycles. The number of hydrogen-bond donors (Lipinski definition) is 1. The van der Waals surface area contributed by atoms with Crippen molar-refractivity contribution in [2.24, 2.45) is 0 Å². The van der Waals surface area contributed by atoms with Gasteiger partial charge in [0.25, 0.3) is 0 Å². The zero-order valence-electron chi connectivity index (χ0n) is 16.6.